The molecular formula is C29H24Cl2F4N4O4. The number of nitrogens with zero attached hydrogens (tertiary/aromatic N) is 4. The summed E-state index contributed by atoms with van der Waals surface area (Å²) in [5, 5.41) is 22.3. The molecule has 3 aromatic carbocycles. The van der Waals surface area contributed by atoms with Crippen LogP contribution in [0.1, 0.15) is 61.7 Å². The number of nitro groups is 2. The van der Waals surface area contributed by atoms with Crippen molar-refractivity contribution >= 4 is 46.0 Å². The maximum Gasteiger partial charge on any atom is 0.288 e. The number of rotatable bonds is 6. The Labute approximate surface area is 253 Å². The van der Waals surface area contributed by atoms with Gasteiger partial charge in [0, 0.05) is 42.0 Å². The van der Waals surface area contributed by atoms with Gasteiger partial charge in [-0.1, -0.05) is 23.2 Å². The summed E-state index contributed by atoms with van der Waals surface area (Å²) >= 11 is 11.8. The summed E-state index contributed by atoms with van der Waals surface area (Å²) in [6.45, 7) is 0.975. The van der Waals surface area contributed by atoms with Crippen LogP contribution in [0.15, 0.2) is 36.4 Å². The molecule has 2 unspecified atom stereocenters. The van der Waals surface area contributed by atoms with Gasteiger partial charge in [-0.3, -0.25) is 20.2 Å². The van der Waals surface area contributed by atoms with E-state index in [9.17, 15) is 20.2 Å². The standard InChI is InChI=1S/C29H24Cl2F4N4O4/c30-18-13-20(32)16(11-26(18)38(40)41)24-1-2-25(17-12-27(39(42)43)19(31)14-21(17)33)37(24)15-9-22(34)28(23(35)10-15)36-7-5-29(3-4-29)6-8-36/h9-14,24-25H,1-8H2. The quantitative estimate of drug-likeness (QED) is 0.152. The van der Waals surface area contributed by atoms with Gasteiger partial charge in [-0.15, -0.1) is 0 Å². The minimum atomic E-state index is -1.07. The third-order valence-corrected chi connectivity index (χ3v) is 9.63. The van der Waals surface area contributed by atoms with Crippen molar-refractivity contribution in [2.75, 3.05) is 22.9 Å². The molecule has 0 bridgehead atoms. The highest BCUT2D eigenvalue weighted by Crippen LogP contribution is 2.55. The van der Waals surface area contributed by atoms with Crippen LogP contribution in [-0.4, -0.2) is 22.9 Å². The average molecular weight is 639 g/mol. The Kier molecular flexibility index (Phi) is 7.40. The topological polar surface area (TPSA) is 92.8 Å². The Morgan fingerprint density at radius 2 is 1.14 bits per heavy atom. The fourth-order valence-corrected chi connectivity index (χ4v) is 7.00. The molecule has 3 aromatic rings. The molecule has 2 atom stereocenters. The van der Waals surface area contributed by atoms with Crippen molar-refractivity contribution in [1.29, 1.82) is 0 Å². The van der Waals surface area contributed by atoms with Crippen LogP contribution in [0.3, 0.4) is 0 Å². The summed E-state index contributed by atoms with van der Waals surface area (Å²) < 4.78 is 62.2. The number of nitro benzene ring substituents is 2. The normalized spacial score (nSPS) is 21.0. The van der Waals surface area contributed by atoms with Crippen molar-refractivity contribution in [2.24, 2.45) is 5.41 Å². The van der Waals surface area contributed by atoms with E-state index in [1.807, 2.05) is 0 Å². The minimum absolute atomic E-state index is 0.0649. The van der Waals surface area contributed by atoms with Crippen molar-refractivity contribution in [3.8, 4) is 0 Å². The van der Waals surface area contributed by atoms with Gasteiger partial charge in [0.05, 0.1) is 21.9 Å². The van der Waals surface area contributed by atoms with E-state index in [4.69, 9.17) is 23.2 Å². The number of halogens is 6. The zero-order valence-corrected chi connectivity index (χ0v) is 24.0. The molecule has 3 aliphatic rings. The molecule has 0 amide bonds. The molecule has 226 valence electrons. The monoisotopic (exact) mass is 638 g/mol. The van der Waals surface area contributed by atoms with Crippen LogP contribution in [0.2, 0.25) is 10.0 Å². The van der Waals surface area contributed by atoms with Crippen LogP contribution < -0.4 is 9.80 Å². The smallest absolute Gasteiger partial charge is 0.288 e. The molecule has 8 nitrogen and oxygen atoms in total. The Balaban J connectivity index is 1.47. The third-order valence-electron chi connectivity index (χ3n) is 9.03. The number of anilines is 2. The first-order valence-electron chi connectivity index (χ1n) is 13.7. The fraction of sp³-hybridized carbons (Fsp3) is 0.379. The highest BCUT2D eigenvalue weighted by atomic mass is 35.5. The van der Waals surface area contributed by atoms with Gasteiger partial charge in [0.25, 0.3) is 11.4 Å². The van der Waals surface area contributed by atoms with Gasteiger partial charge in [0.1, 0.15) is 27.4 Å². The molecular weight excluding hydrogens is 615 g/mol. The molecule has 2 saturated heterocycles. The second kappa shape index (κ2) is 10.8. The molecule has 0 radical (unpaired) electrons. The van der Waals surface area contributed by atoms with Crippen LogP contribution in [-0.2, 0) is 0 Å². The lowest BCUT2D eigenvalue weighted by molar-refractivity contribution is -0.384. The number of hydrogen-bond acceptors (Lipinski definition) is 6. The fourth-order valence-electron chi connectivity index (χ4n) is 6.56. The van der Waals surface area contributed by atoms with Gasteiger partial charge in [0.15, 0.2) is 11.6 Å². The van der Waals surface area contributed by atoms with Crippen molar-refractivity contribution in [1.82, 2.24) is 0 Å². The zero-order chi connectivity index (χ0) is 30.8. The van der Waals surface area contributed by atoms with Crippen LogP contribution in [0.5, 0.6) is 0 Å². The van der Waals surface area contributed by atoms with E-state index in [0.717, 1.165) is 62.1 Å². The molecule has 43 heavy (non-hydrogen) atoms. The first-order valence-corrected chi connectivity index (χ1v) is 14.4. The van der Waals surface area contributed by atoms with E-state index in [0.29, 0.717) is 13.1 Å². The summed E-state index contributed by atoms with van der Waals surface area (Å²) in [6, 6.07) is 3.45. The third kappa shape index (κ3) is 5.24. The summed E-state index contributed by atoms with van der Waals surface area (Å²) in [5.41, 5.74) is -1.57. The molecule has 0 aromatic heterocycles. The first-order chi connectivity index (χ1) is 20.4. The lowest BCUT2D eigenvalue weighted by atomic mass is 9.93. The summed E-state index contributed by atoms with van der Waals surface area (Å²) in [7, 11) is 0. The van der Waals surface area contributed by atoms with Crippen molar-refractivity contribution in [3.05, 3.63) is 101 Å². The maximum atomic E-state index is 15.8. The van der Waals surface area contributed by atoms with Crippen LogP contribution >= 0.6 is 23.2 Å². The van der Waals surface area contributed by atoms with Gasteiger partial charge in [-0.2, -0.15) is 0 Å². The van der Waals surface area contributed by atoms with Crippen molar-refractivity contribution < 1.29 is 27.4 Å². The van der Waals surface area contributed by atoms with Crippen LogP contribution in [0, 0.1) is 48.9 Å². The van der Waals surface area contributed by atoms with Gasteiger partial charge in [0.2, 0.25) is 0 Å². The first kappa shape index (κ1) is 29.4. The molecule has 0 N–H and O–H groups in total. The van der Waals surface area contributed by atoms with Crippen LogP contribution in [0.4, 0.5) is 40.3 Å². The van der Waals surface area contributed by atoms with E-state index < -0.39 is 66.6 Å². The predicted molar refractivity (Wildman–Crippen MR) is 153 cm³/mol. The largest absolute Gasteiger partial charge is 0.367 e. The highest BCUT2D eigenvalue weighted by Gasteiger charge is 2.45. The maximum absolute atomic E-state index is 15.8. The predicted octanol–water partition coefficient (Wildman–Crippen LogP) is 8.83. The van der Waals surface area contributed by atoms with Gasteiger partial charge in [-0.25, -0.2) is 17.6 Å². The Hall–Kier alpha value is -3.64. The molecule has 2 aliphatic heterocycles. The summed E-state index contributed by atoms with van der Waals surface area (Å²) in [5.74, 6) is -3.57. The van der Waals surface area contributed by atoms with Gasteiger partial charge in [-0.05, 0) is 68.2 Å². The van der Waals surface area contributed by atoms with E-state index >= 15 is 17.6 Å². The second-order valence-electron chi connectivity index (χ2n) is 11.4. The van der Waals surface area contributed by atoms with E-state index in [-0.39, 0.29) is 40.8 Å². The van der Waals surface area contributed by atoms with E-state index in [1.54, 1.807) is 4.90 Å². The summed E-state index contributed by atoms with van der Waals surface area (Å²) in [6.07, 6.45) is 4.01. The van der Waals surface area contributed by atoms with Gasteiger partial charge < -0.3 is 9.80 Å². The second-order valence-corrected chi connectivity index (χ2v) is 12.2. The Morgan fingerprint density at radius 3 is 1.53 bits per heavy atom. The number of hydrogen-bond donors (Lipinski definition) is 0. The van der Waals surface area contributed by atoms with E-state index in [1.165, 1.54) is 4.90 Å². The zero-order valence-electron chi connectivity index (χ0n) is 22.5. The Bertz CT molecular complexity index is 1560. The summed E-state index contributed by atoms with van der Waals surface area (Å²) in [4.78, 5) is 24.6. The number of benzene rings is 3. The van der Waals surface area contributed by atoms with Crippen LogP contribution in [0.25, 0.3) is 0 Å². The molecule has 1 spiro atoms. The lowest BCUT2D eigenvalue weighted by Crippen LogP contribution is -2.35. The molecule has 14 heteroatoms. The lowest BCUT2D eigenvalue weighted by Gasteiger charge is -2.36. The molecule has 1 saturated carbocycles. The number of piperidine rings is 1. The molecule has 2 heterocycles. The molecule has 1 aliphatic carbocycles. The highest BCUT2D eigenvalue weighted by molar-refractivity contribution is 6.33. The van der Waals surface area contributed by atoms with E-state index in [2.05, 4.69) is 0 Å². The minimum Gasteiger partial charge on any atom is -0.367 e. The molecule has 6 rings (SSSR count). The van der Waals surface area contributed by atoms with Crippen molar-refractivity contribution in [2.45, 2.75) is 50.6 Å². The molecule has 3 fully saturated rings. The average Bonchev–Trinajstić information content (AvgIpc) is 3.54. The SMILES string of the molecule is O=[N+]([O-])c1cc(C2CCC(c3cc([N+](=O)[O-])c(Cl)cc3F)N2c2cc(F)c(N3CCC4(CC3)CC4)c(F)c2)c(F)cc1Cl. The Morgan fingerprint density at radius 1 is 0.698 bits per heavy atom. The van der Waals surface area contributed by atoms with Gasteiger partial charge >= 0.3 is 0 Å². The van der Waals surface area contributed by atoms with Crippen molar-refractivity contribution in [3.63, 3.8) is 0 Å².